The molecule has 170 valence electrons. The Hall–Kier alpha value is -3.68. The monoisotopic (exact) mass is 440 g/mol. The van der Waals surface area contributed by atoms with Crippen LogP contribution >= 0.6 is 0 Å². The van der Waals surface area contributed by atoms with Crippen molar-refractivity contribution >= 4 is 29.4 Å². The SMILES string of the molecule is COc1ccc(/C=C/C(=O)c2cncc(NC(=O)CCC(=O)OC(C)(C)C)c2)cc1OC. The molecule has 2 rings (SSSR count). The Balaban J connectivity index is 1.98. The smallest absolute Gasteiger partial charge is 0.306 e. The van der Waals surface area contributed by atoms with Crippen LogP contribution in [-0.4, -0.2) is 42.5 Å². The molecule has 0 atom stereocenters. The van der Waals surface area contributed by atoms with Crippen LogP contribution in [0.5, 0.6) is 11.5 Å². The number of hydrogen-bond acceptors (Lipinski definition) is 7. The Bertz CT molecular complexity index is 1010. The molecular weight excluding hydrogens is 412 g/mol. The number of anilines is 1. The second kappa shape index (κ2) is 11.1. The summed E-state index contributed by atoms with van der Waals surface area (Å²) >= 11 is 0. The van der Waals surface area contributed by atoms with Crippen molar-refractivity contribution in [2.24, 2.45) is 0 Å². The average Bonchev–Trinajstić information content (AvgIpc) is 2.74. The molecule has 0 radical (unpaired) electrons. The fraction of sp³-hybridized carbons (Fsp3) is 0.333. The van der Waals surface area contributed by atoms with Gasteiger partial charge in [0.25, 0.3) is 0 Å². The van der Waals surface area contributed by atoms with E-state index in [4.69, 9.17) is 14.2 Å². The molecule has 1 aromatic heterocycles. The standard InChI is InChI=1S/C24H28N2O6/c1-24(2,3)32-23(29)11-10-22(28)26-18-13-17(14-25-15-18)19(27)8-6-16-7-9-20(30-4)21(12-16)31-5/h6-9,12-15H,10-11H2,1-5H3,(H,26,28)/b8-6+. The number of aromatic nitrogens is 1. The molecule has 1 aromatic carbocycles. The lowest BCUT2D eigenvalue weighted by atomic mass is 10.1. The molecule has 1 heterocycles. The number of allylic oxidation sites excluding steroid dienone is 1. The molecule has 0 saturated carbocycles. The van der Waals surface area contributed by atoms with E-state index in [0.717, 1.165) is 5.56 Å². The van der Waals surface area contributed by atoms with Gasteiger partial charge in [0.05, 0.1) is 32.5 Å². The topological polar surface area (TPSA) is 104 Å². The number of amides is 1. The first kappa shape index (κ1) is 24.6. The molecule has 0 bridgehead atoms. The van der Waals surface area contributed by atoms with E-state index in [0.29, 0.717) is 22.7 Å². The number of pyridine rings is 1. The van der Waals surface area contributed by atoms with Gasteiger partial charge in [-0.2, -0.15) is 0 Å². The first-order chi connectivity index (χ1) is 15.1. The van der Waals surface area contributed by atoms with Gasteiger partial charge in [0.1, 0.15) is 5.60 Å². The van der Waals surface area contributed by atoms with Gasteiger partial charge in [0, 0.05) is 18.2 Å². The zero-order chi connectivity index (χ0) is 23.7. The third-order valence-electron chi connectivity index (χ3n) is 4.12. The largest absolute Gasteiger partial charge is 0.493 e. The van der Waals surface area contributed by atoms with Crippen LogP contribution < -0.4 is 14.8 Å². The summed E-state index contributed by atoms with van der Waals surface area (Å²) in [6.07, 6.45) is 5.83. The molecular formula is C24H28N2O6. The normalized spacial score (nSPS) is 11.2. The Labute approximate surface area is 187 Å². The maximum Gasteiger partial charge on any atom is 0.306 e. The number of rotatable bonds is 9. The van der Waals surface area contributed by atoms with E-state index in [9.17, 15) is 14.4 Å². The van der Waals surface area contributed by atoms with Gasteiger partial charge in [-0.1, -0.05) is 12.1 Å². The molecule has 2 aromatic rings. The number of ether oxygens (including phenoxy) is 3. The van der Waals surface area contributed by atoms with Crippen molar-refractivity contribution in [3.05, 3.63) is 53.9 Å². The van der Waals surface area contributed by atoms with Gasteiger partial charge in [0.2, 0.25) is 5.91 Å². The summed E-state index contributed by atoms with van der Waals surface area (Å²) < 4.78 is 15.6. The number of nitrogens with zero attached hydrogens (tertiary/aromatic N) is 1. The molecule has 0 aliphatic rings. The van der Waals surface area contributed by atoms with Crippen molar-refractivity contribution in [3.63, 3.8) is 0 Å². The van der Waals surface area contributed by atoms with E-state index < -0.39 is 11.6 Å². The van der Waals surface area contributed by atoms with Crippen LogP contribution in [0.2, 0.25) is 0 Å². The highest BCUT2D eigenvalue weighted by molar-refractivity contribution is 6.07. The third-order valence-corrected chi connectivity index (χ3v) is 4.12. The molecule has 0 unspecified atom stereocenters. The Morgan fingerprint density at radius 1 is 1.00 bits per heavy atom. The van der Waals surface area contributed by atoms with E-state index in [-0.39, 0.29) is 24.5 Å². The van der Waals surface area contributed by atoms with Gasteiger partial charge < -0.3 is 19.5 Å². The lowest BCUT2D eigenvalue weighted by Crippen LogP contribution is -2.24. The summed E-state index contributed by atoms with van der Waals surface area (Å²) in [4.78, 5) is 40.4. The number of methoxy groups -OCH3 is 2. The maximum atomic E-state index is 12.5. The van der Waals surface area contributed by atoms with E-state index in [1.165, 1.54) is 31.6 Å². The summed E-state index contributed by atoms with van der Waals surface area (Å²) in [5, 5.41) is 2.64. The fourth-order valence-corrected chi connectivity index (χ4v) is 2.70. The number of carbonyl (C=O) groups is 3. The molecule has 8 nitrogen and oxygen atoms in total. The van der Waals surface area contributed by atoms with Crippen LogP contribution in [0.25, 0.3) is 6.08 Å². The highest BCUT2D eigenvalue weighted by Gasteiger charge is 2.17. The van der Waals surface area contributed by atoms with Crippen molar-refractivity contribution in [3.8, 4) is 11.5 Å². The minimum absolute atomic E-state index is 0.0354. The van der Waals surface area contributed by atoms with Crippen molar-refractivity contribution < 1.29 is 28.6 Å². The number of nitrogens with one attached hydrogen (secondary N) is 1. The van der Waals surface area contributed by atoms with Crippen molar-refractivity contribution in [1.82, 2.24) is 4.98 Å². The van der Waals surface area contributed by atoms with Crippen LogP contribution in [-0.2, 0) is 14.3 Å². The number of ketones is 1. The predicted octanol–water partition coefficient (Wildman–Crippen LogP) is 4.06. The molecule has 0 aliphatic heterocycles. The first-order valence-electron chi connectivity index (χ1n) is 10.0. The molecule has 0 aliphatic carbocycles. The van der Waals surface area contributed by atoms with Gasteiger partial charge in [-0.25, -0.2) is 0 Å². The lowest BCUT2D eigenvalue weighted by molar-refractivity contribution is -0.155. The van der Waals surface area contributed by atoms with E-state index in [1.54, 1.807) is 52.2 Å². The lowest BCUT2D eigenvalue weighted by Gasteiger charge is -2.19. The summed E-state index contributed by atoms with van der Waals surface area (Å²) in [5.41, 5.74) is 0.836. The summed E-state index contributed by atoms with van der Waals surface area (Å²) in [7, 11) is 3.09. The molecule has 0 saturated heterocycles. The third kappa shape index (κ3) is 7.86. The van der Waals surface area contributed by atoms with Gasteiger partial charge in [-0.05, 0) is 50.6 Å². The summed E-state index contributed by atoms with van der Waals surface area (Å²) in [5.74, 6) is 0.0467. The van der Waals surface area contributed by atoms with Crippen LogP contribution in [0.15, 0.2) is 42.7 Å². The van der Waals surface area contributed by atoms with Crippen LogP contribution in [0.1, 0.15) is 49.5 Å². The molecule has 0 spiro atoms. The van der Waals surface area contributed by atoms with Gasteiger partial charge in [0.15, 0.2) is 17.3 Å². The first-order valence-corrected chi connectivity index (χ1v) is 10.0. The number of esters is 1. The van der Waals surface area contributed by atoms with Gasteiger partial charge in [-0.15, -0.1) is 0 Å². The Morgan fingerprint density at radius 2 is 1.72 bits per heavy atom. The molecule has 1 N–H and O–H groups in total. The molecule has 0 fully saturated rings. The van der Waals surface area contributed by atoms with E-state index in [1.807, 2.05) is 0 Å². The highest BCUT2D eigenvalue weighted by atomic mass is 16.6. The zero-order valence-corrected chi connectivity index (χ0v) is 18.9. The van der Waals surface area contributed by atoms with Gasteiger partial charge in [-0.3, -0.25) is 19.4 Å². The van der Waals surface area contributed by atoms with Crippen molar-refractivity contribution in [2.45, 2.75) is 39.2 Å². The molecule has 8 heteroatoms. The zero-order valence-electron chi connectivity index (χ0n) is 18.9. The van der Waals surface area contributed by atoms with Crippen LogP contribution in [0, 0.1) is 0 Å². The maximum absolute atomic E-state index is 12.5. The number of hydrogen-bond donors (Lipinski definition) is 1. The van der Waals surface area contributed by atoms with Crippen molar-refractivity contribution in [2.75, 3.05) is 19.5 Å². The number of carbonyl (C=O) groups excluding carboxylic acids is 3. The van der Waals surface area contributed by atoms with Crippen LogP contribution in [0.3, 0.4) is 0 Å². The second-order valence-electron chi connectivity index (χ2n) is 7.91. The van der Waals surface area contributed by atoms with Crippen LogP contribution in [0.4, 0.5) is 5.69 Å². The Morgan fingerprint density at radius 3 is 2.38 bits per heavy atom. The minimum atomic E-state index is -0.601. The highest BCUT2D eigenvalue weighted by Crippen LogP contribution is 2.28. The van der Waals surface area contributed by atoms with E-state index in [2.05, 4.69) is 10.3 Å². The fourth-order valence-electron chi connectivity index (χ4n) is 2.70. The number of benzene rings is 1. The van der Waals surface area contributed by atoms with E-state index >= 15 is 0 Å². The Kier molecular flexibility index (Phi) is 8.52. The summed E-state index contributed by atoms with van der Waals surface area (Å²) in [6, 6.07) is 6.82. The van der Waals surface area contributed by atoms with Crippen molar-refractivity contribution in [1.29, 1.82) is 0 Å². The quantitative estimate of drug-likeness (QED) is 0.356. The predicted molar refractivity (Wildman–Crippen MR) is 121 cm³/mol. The average molecular weight is 440 g/mol. The van der Waals surface area contributed by atoms with Gasteiger partial charge >= 0.3 is 5.97 Å². The second-order valence-corrected chi connectivity index (χ2v) is 7.91. The molecule has 1 amide bonds. The minimum Gasteiger partial charge on any atom is -0.493 e. The molecule has 32 heavy (non-hydrogen) atoms. The summed E-state index contributed by atoms with van der Waals surface area (Å²) in [6.45, 7) is 5.29.